The minimum absolute atomic E-state index is 0.763. The van der Waals surface area contributed by atoms with Crippen molar-refractivity contribution in [2.24, 2.45) is 0 Å². The number of benzene rings is 2. The number of fused-ring (bicyclic) bond motifs is 2. The molecule has 2 aliphatic rings. The summed E-state index contributed by atoms with van der Waals surface area (Å²) in [5.41, 5.74) is 5.40. The number of rotatable bonds is 3. The molecule has 2 aromatic carbocycles. The Morgan fingerprint density at radius 2 is 1.75 bits per heavy atom. The number of ether oxygens (including phenoxy) is 1. The Bertz CT molecular complexity index is 1030. The van der Waals surface area contributed by atoms with E-state index < -0.39 is 0 Å². The lowest BCUT2D eigenvalue weighted by molar-refractivity contribution is 0.122. The maximum absolute atomic E-state index is 5.42. The molecule has 1 N–H and O–H groups in total. The Hall–Kier alpha value is -2.76. The number of nitrogens with one attached hydrogen (secondary N) is 1. The first-order valence-electron chi connectivity index (χ1n) is 9.44. The number of para-hydroxylation sites is 1. The van der Waals surface area contributed by atoms with E-state index in [1.807, 2.05) is 6.20 Å². The molecule has 0 bridgehead atoms. The summed E-state index contributed by atoms with van der Waals surface area (Å²) in [4.78, 5) is 9.40. The van der Waals surface area contributed by atoms with Crippen LogP contribution in [0.3, 0.4) is 0 Å². The molecule has 1 aromatic heterocycles. The van der Waals surface area contributed by atoms with E-state index in [2.05, 4.69) is 76.4 Å². The van der Waals surface area contributed by atoms with E-state index in [9.17, 15) is 0 Å². The van der Waals surface area contributed by atoms with Gasteiger partial charge in [0.25, 0.3) is 0 Å². The average molecular weight is 388 g/mol. The molecule has 0 amide bonds. The predicted molar refractivity (Wildman–Crippen MR) is 116 cm³/mol. The van der Waals surface area contributed by atoms with Gasteiger partial charge in [-0.15, -0.1) is 0 Å². The van der Waals surface area contributed by atoms with Crippen LogP contribution in [0.4, 0.5) is 17.2 Å². The Labute approximate surface area is 169 Å². The van der Waals surface area contributed by atoms with Crippen molar-refractivity contribution in [3.8, 4) is 0 Å². The SMILES string of the molecule is C=C(c1ccc(N2CCOCC2)nc1)c1ccc2c(c1)Nc1ccccc1S2. The van der Waals surface area contributed by atoms with E-state index in [0.29, 0.717) is 0 Å². The van der Waals surface area contributed by atoms with Gasteiger partial charge in [0.15, 0.2) is 0 Å². The van der Waals surface area contributed by atoms with Crippen LogP contribution in [0.15, 0.2) is 77.2 Å². The number of nitrogens with zero attached hydrogens (tertiary/aromatic N) is 2. The lowest BCUT2D eigenvalue weighted by Gasteiger charge is -2.27. The van der Waals surface area contributed by atoms with Crippen LogP contribution in [0, 0.1) is 0 Å². The highest BCUT2D eigenvalue weighted by Gasteiger charge is 2.17. The molecule has 5 rings (SSSR count). The average Bonchev–Trinajstić information content (AvgIpc) is 2.77. The molecular weight excluding hydrogens is 366 g/mol. The minimum atomic E-state index is 0.763. The zero-order valence-corrected chi connectivity index (χ0v) is 16.3. The summed E-state index contributed by atoms with van der Waals surface area (Å²) >= 11 is 1.80. The molecule has 3 heterocycles. The van der Waals surface area contributed by atoms with Crippen LogP contribution in [0.5, 0.6) is 0 Å². The van der Waals surface area contributed by atoms with Crippen LogP contribution in [-0.4, -0.2) is 31.3 Å². The zero-order valence-electron chi connectivity index (χ0n) is 15.5. The fraction of sp³-hybridized carbons (Fsp3) is 0.174. The van der Waals surface area contributed by atoms with Crippen molar-refractivity contribution in [2.45, 2.75) is 9.79 Å². The monoisotopic (exact) mass is 387 g/mol. The molecule has 28 heavy (non-hydrogen) atoms. The van der Waals surface area contributed by atoms with E-state index in [1.165, 1.54) is 9.79 Å². The molecule has 5 heteroatoms. The van der Waals surface area contributed by atoms with Crippen LogP contribution in [-0.2, 0) is 4.74 Å². The molecule has 1 fully saturated rings. The largest absolute Gasteiger partial charge is 0.378 e. The van der Waals surface area contributed by atoms with Gasteiger partial charge in [-0.25, -0.2) is 4.98 Å². The first-order valence-corrected chi connectivity index (χ1v) is 10.3. The predicted octanol–water partition coefficient (Wildman–Crippen LogP) is 5.19. The van der Waals surface area contributed by atoms with E-state index in [1.54, 1.807) is 11.8 Å². The molecule has 0 radical (unpaired) electrons. The number of aromatic nitrogens is 1. The van der Waals surface area contributed by atoms with E-state index in [-0.39, 0.29) is 0 Å². The Morgan fingerprint density at radius 1 is 0.964 bits per heavy atom. The summed E-state index contributed by atoms with van der Waals surface area (Å²) in [5.74, 6) is 1.000. The normalized spacial score (nSPS) is 15.4. The topological polar surface area (TPSA) is 37.4 Å². The second-order valence-corrected chi connectivity index (χ2v) is 8.00. The Balaban J connectivity index is 1.37. The van der Waals surface area contributed by atoms with Crippen molar-refractivity contribution >= 4 is 34.5 Å². The maximum atomic E-state index is 5.42. The number of hydrogen-bond acceptors (Lipinski definition) is 5. The summed E-state index contributed by atoms with van der Waals surface area (Å²) in [6.07, 6.45) is 1.92. The van der Waals surface area contributed by atoms with Crippen molar-refractivity contribution in [1.82, 2.24) is 4.98 Å². The molecule has 0 unspecified atom stereocenters. The van der Waals surface area contributed by atoms with Gasteiger partial charge in [0.2, 0.25) is 0 Å². The lowest BCUT2D eigenvalue weighted by Crippen LogP contribution is -2.36. The van der Waals surface area contributed by atoms with Crippen molar-refractivity contribution in [2.75, 3.05) is 36.5 Å². The zero-order chi connectivity index (χ0) is 18.9. The maximum Gasteiger partial charge on any atom is 0.128 e. The number of hydrogen-bond donors (Lipinski definition) is 1. The Morgan fingerprint density at radius 3 is 2.57 bits per heavy atom. The van der Waals surface area contributed by atoms with Crippen LogP contribution < -0.4 is 10.2 Å². The molecule has 0 atom stereocenters. The van der Waals surface area contributed by atoms with E-state index in [0.717, 1.165) is 60.2 Å². The van der Waals surface area contributed by atoms with Crippen molar-refractivity contribution < 1.29 is 4.74 Å². The summed E-state index contributed by atoms with van der Waals surface area (Å²) < 4.78 is 5.42. The molecule has 3 aromatic rings. The molecule has 0 saturated carbocycles. The first-order chi connectivity index (χ1) is 13.8. The summed E-state index contributed by atoms with van der Waals surface area (Å²) in [5, 5.41) is 3.54. The van der Waals surface area contributed by atoms with Gasteiger partial charge in [-0.3, -0.25) is 0 Å². The van der Waals surface area contributed by atoms with Gasteiger partial charge in [-0.05, 0) is 47.5 Å². The van der Waals surface area contributed by atoms with Crippen LogP contribution in [0.2, 0.25) is 0 Å². The number of morpholine rings is 1. The second-order valence-electron chi connectivity index (χ2n) is 6.92. The fourth-order valence-electron chi connectivity index (χ4n) is 3.54. The van der Waals surface area contributed by atoms with Gasteiger partial charge >= 0.3 is 0 Å². The third kappa shape index (κ3) is 3.28. The van der Waals surface area contributed by atoms with Crippen molar-refractivity contribution in [3.63, 3.8) is 0 Å². The minimum Gasteiger partial charge on any atom is -0.378 e. The van der Waals surface area contributed by atoms with Gasteiger partial charge in [-0.1, -0.05) is 36.5 Å². The fourth-order valence-corrected chi connectivity index (χ4v) is 4.51. The second kappa shape index (κ2) is 7.34. The molecule has 0 aliphatic carbocycles. The molecule has 140 valence electrons. The smallest absolute Gasteiger partial charge is 0.128 e. The summed E-state index contributed by atoms with van der Waals surface area (Å²) in [6, 6.07) is 19.1. The number of anilines is 3. The van der Waals surface area contributed by atoms with Gasteiger partial charge in [0.05, 0.1) is 24.6 Å². The number of pyridine rings is 1. The lowest BCUT2D eigenvalue weighted by atomic mass is 10.0. The van der Waals surface area contributed by atoms with Crippen molar-refractivity contribution in [1.29, 1.82) is 0 Å². The highest BCUT2D eigenvalue weighted by molar-refractivity contribution is 7.99. The first kappa shape index (κ1) is 17.3. The van der Waals surface area contributed by atoms with Gasteiger partial charge < -0.3 is 15.0 Å². The van der Waals surface area contributed by atoms with Crippen LogP contribution >= 0.6 is 11.8 Å². The van der Waals surface area contributed by atoms with Gasteiger partial charge in [0, 0.05) is 34.6 Å². The van der Waals surface area contributed by atoms with E-state index >= 15 is 0 Å². The molecular formula is C23H21N3OS. The third-order valence-corrected chi connectivity index (χ3v) is 6.29. The molecule has 0 spiro atoms. The third-order valence-electron chi connectivity index (χ3n) is 5.14. The molecule has 4 nitrogen and oxygen atoms in total. The highest BCUT2D eigenvalue weighted by Crippen LogP contribution is 2.44. The molecule has 2 aliphatic heterocycles. The van der Waals surface area contributed by atoms with Gasteiger partial charge in [-0.2, -0.15) is 0 Å². The van der Waals surface area contributed by atoms with Crippen molar-refractivity contribution in [3.05, 3.63) is 78.5 Å². The quantitative estimate of drug-likeness (QED) is 0.524. The van der Waals surface area contributed by atoms with E-state index in [4.69, 9.17) is 4.74 Å². The Kier molecular flexibility index (Phi) is 4.55. The summed E-state index contributed by atoms with van der Waals surface area (Å²) in [7, 11) is 0. The standard InChI is InChI=1S/C23H21N3OS/c1-16(18-7-9-23(24-15-18)26-10-12-27-13-11-26)17-6-8-22-20(14-17)25-19-4-2-3-5-21(19)28-22/h2-9,14-15,25H,1,10-13H2. The van der Waals surface area contributed by atoms with Gasteiger partial charge in [0.1, 0.15) is 5.82 Å². The highest BCUT2D eigenvalue weighted by atomic mass is 32.2. The van der Waals surface area contributed by atoms with Crippen LogP contribution in [0.1, 0.15) is 11.1 Å². The van der Waals surface area contributed by atoms with Crippen LogP contribution in [0.25, 0.3) is 5.57 Å². The molecule has 1 saturated heterocycles. The summed E-state index contributed by atoms with van der Waals surface area (Å²) in [6.45, 7) is 7.63.